The smallest absolute Gasteiger partial charge is 0.487 e. The van der Waals surface area contributed by atoms with Crippen molar-refractivity contribution in [2.24, 2.45) is 0 Å². The van der Waals surface area contributed by atoms with Gasteiger partial charge in [0.1, 0.15) is 18.6 Å². The van der Waals surface area contributed by atoms with Crippen LogP contribution < -0.4 is 14.6 Å². The first-order valence-electron chi connectivity index (χ1n) is 10.6. The second kappa shape index (κ2) is 7.47. The number of benzene rings is 3. The van der Waals surface area contributed by atoms with Gasteiger partial charge in [0, 0.05) is 5.56 Å². The molecule has 2 nitrogen and oxygen atoms in total. The highest BCUT2D eigenvalue weighted by Crippen LogP contribution is 2.78. The van der Waals surface area contributed by atoms with Crippen molar-refractivity contribution in [1.29, 1.82) is 0 Å². The molecule has 0 saturated carbocycles. The van der Waals surface area contributed by atoms with Crippen molar-refractivity contribution in [2.75, 3.05) is 0 Å². The van der Waals surface area contributed by atoms with Crippen molar-refractivity contribution < 1.29 is 9.31 Å². The quantitative estimate of drug-likeness (QED) is 0.336. The molecule has 0 spiro atoms. The summed E-state index contributed by atoms with van der Waals surface area (Å²) in [4.78, 5) is 0. The van der Waals surface area contributed by atoms with E-state index in [1.165, 1.54) is 16.4 Å². The van der Waals surface area contributed by atoms with Crippen LogP contribution in [0.4, 0.5) is 0 Å². The molecule has 0 saturated heterocycles. The topological polar surface area (TPSA) is 18.5 Å². The van der Waals surface area contributed by atoms with E-state index in [0.29, 0.717) is 0 Å². The summed E-state index contributed by atoms with van der Waals surface area (Å²) in [6, 6.07) is 27.6. The standard InChI is InChI=1S/C26H31BO2P/c1-25(2,3)30(26(4,5)6,27-28-22-17-11-12-18-23(22)29-27)24-19-13-10-16-21(24)20-14-8-7-9-15-20/h7-19H,1-6H3/q+1. The van der Waals surface area contributed by atoms with Crippen LogP contribution in [0.25, 0.3) is 11.1 Å². The molecule has 3 aromatic rings. The Hall–Kier alpha value is -2.25. The second-order valence-corrected chi connectivity index (χ2v) is 15.0. The maximum Gasteiger partial charge on any atom is 0.812 e. The van der Waals surface area contributed by atoms with E-state index in [4.69, 9.17) is 9.31 Å². The molecular weight excluding hydrogens is 386 g/mol. The molecule has 1 aliphatic rings. The van der Waals surface area contributed by atoms with Gasteiger partial charge in [0.15, 0.2) is 0 Å². The molecule has 30 heavy (non-hydrogen) atoms. The summed E-state index contributed by atoms with van der Waals surface area (Å²) in [5.74, 6) is 1.69. The summed E-state index contributed by atoms with van der Waals surface area (Å²) in [6.07, 6.45) is 0. The lowest BCUT2D eigenvalue weighted by Gasteiger charge is -2.46. The van der Waals surface area contributed by atoms with Crippen LogP contribution in [0.1, 0.15) is 41.5 Å². The Morgan fingerprint density at radius 1 is 0.600 bits per heavy atom. The SMILES string of the molecule is CC(C)(C)[P+](B1Oc2ccccc2O1)(c1ccccc1-c1ccccc1)C(C)(C)C. The van der Waals surface area contributed by atoms with Crippen LogP contribution in [0, 0.1) is 0 Å². The third-order valence-electron chi connectivity index (χ3n) is 6.11. The first-order chi connectivity index (χ1) is 14.2. The molecular formula is C26H31BO2P+. The molecule has 4 heteroatoms. The molecule has 0 N–H and O–H groups in total. The number of hydrogen-bond acceptors (Lipinski definition) is 2. The molecule has 0 atom stereocenters. The predicted octanol–water partition coefficient (Wildman–Crippen LogP) is 7.05. The summed E-state index contributed by atoms with van der Waals surface area (Å²) in [6.45, 7) is 13.8. The van der Waals surface area contributed by atoms with Crippen LogP contribution in [0.3, 0.4) is 0 Å². The molecule has 154 valence electrons. The maximum atomic E-state index is 6.60. The zero-order valence-corrected chi connectivity index (χ0v) is 19.7. The molecule has 0 aromatic heterocycles. The predicted molar refractivity (Wildman–Crippen MR) is 131 cm³/mol. The van der Waals surface area contributed by atoms with E-state index in [9.17, 15) is 0 Å². The van der Waals surface area contributed by atoms with Gasteiger partial charge in [-0.05, 0) is 65.3 Å². The molecule has 0 radical (unpaired) electrons. The molecule has 1 aliphatic heterocycles. The van der Waals surface area contributed by atoms with Crippen molar-refractivity contribution in [3.05, 3.63) is 78.9 Å². The minimum absolute atomic E-state index is 0.0388. The third kappa shape index (κ3) is 3.24. The van der Waals surface area contributed by atoms with Crippen molar-refractivity contribution in [1.82, 2.24) is 0 Å². The van der Waals surface area contributed by atoms with Crippen LogP contribution in [0.5, 0.6) is 11.5 Å². The molecule has 0 unspecified atom stereocenters. The van der Waals surface area contributed by atoms with Gasteiger partial charge in [-0.2, -0.15) is 0 Å². The largest absolute Gasteiger partial charge is 0.812 e. The first kappa shape index (κ1) is 21.0. The van der Waals surface area contributed by atoms with Gasteiger partial charge in [-0.1, -0.05) is 60.7 Å². The van der Waals surface area contributed by atoms with Crippen molar-refractivity contribution >= 4 is 19.3 Å². The van der Waals surface area contributed by atoms with E-state index in [1.54, 1.807) is 0 Å². The number of fused-ring (bicyclic) bond motifs is 1. The van der Waals surface area contributed by atoms with Crippen LogP contribution >= 0.6 is 7.14 Å². The molecule has 0 fully saturated rings. The summed E-state index contributed by atoms with van der Waals surface area (Å²) >= 11 is 0. The first-order valence-corrected chi connectivity index (χ1v) is 12.5. The molecule has 0 bridgehead atoms. The van der Waals surface area contributed by atoms with Gasteiger partial charge in [-0.15, -0.1) is 0 Å². The van der Waals surface area contributed by atoms with E-state index in [-0.39, 0.29) is 17.2 Å². The Kier molecular flexibility index (Phi) is 5.23. The monoisotopic (exact) mass is 417 g/mol. The second-order valence-electron chi connectivity index (χ2n) is 9.94. The van der Waals surface area contributed by atoms with Crippen LogP contribution in [-0.4, -0.2) is 17.2 Å². The van der Waals surface area contributed by atoms with E-state index >= 15 is 0 Å². The van der Waals surface area contributed by atoms with Crippen molar-refractivity contribution in [3.63, 3.8) is 0 Å². The fraction of sp³-hybridized carbons (Fsp3) is 0.308. The Balaban J connectivity index is 2.00. The Labute approximate surface area is 182 Å². The summed E-state index contributed by atoms with van der Waals surface area (Å²) in [5.41, 5.74) is 2.51. The lowest BCUT2D eigenvalue weighted by molar-refractivity contribution is 0.520. The van der Waals surface area contributed by atoms with E-state index in [1.807, 2.05) is 24.3 Å². The van der Waals surface area contributed by atoms with Crippen LogP contribution in [0.15, 0.2) is 78.9 Å². The fourth-order valence-corrected chi connectivity index (χ4v) is 11.6. The average molecular weight is 417 g/mol. The Morgan fingerprint density at radius 2 is 1.07 bits per heavy atom. The van der Waals surface area contributed by atoms with Gasteiger partial charge in [0.2, 0.25) is 0 Å². The van der Waals surface area contributed by atoms with Gasteiger partial charge in [0.25, 0.3) is 0 Å². The molecule has 0 aliphatic carbocycles. The molecule has 0 amide bonds. The van der Waals surface area contributed by atoms with Crippen LogP contribution in [0.2, 0.25) is 0 Å². The summed E-state index contributed by atoms with van der Waals surface area (Å²) in [5, 5.41) is 1.29. The van der Waals surface area contributed by atoms with Gasteiger partial charge in [0.05, 0.1) is 15.6 Å². The zero-order valence-electron chi connectivity index (χ0n) is 18.8. The maximum absolute atomic E-state index is 6.60. The van der Waals surface area contributed by atoms with Gasteiger partial charge in [-0.3, -0.25) is 0 Å². The fourth-order valence-electron chi connectivity index (χ4n) is 5.16. The lowest BCUT2D eigenvalue weighted by atomic mass is 10.1. The summed E-state index contributed by atoms with van der Waals surface area (Å²) < 4.78 is 13.2. The van der Waals surface area contributed by atoms with E-state index in [0.717, 1.165) is 11.5 Å². The average Bonchev–Trinajstić information content (AvgIpc) is 3.11. The molecule has 4 rings (SSSR count). The zero-order chi connectivity index (χ0) is 21.6. The molecule has 1 heterocycles. The number of rotatable bonds is 3. The van der Waals surface area contributed by atoms with E-state index in [2.05, 4.69) is 96.1 Å². The minimum Gasteiger partial charge on any atom is -0.487 e. The lowest BCUT2D eigenvalue weighted by Crippen LogP contribution is -2.52. The van der Waals surface area contributed by atoms with Crippen molar-refractivity contribution in [3.8, 4) is 22.6 Å². The highest BCUT2D eigenvalue weighted by atomic mass is 31.2. The highest BCUT2D eigenvalue weighted by Gasteiger charge is 2.75. The Bertz CT molecular complexity index is 996. The number of hydrogen-bond donors (Lipinski definition) is 0. The summed E-state index contributed by atoms with van der Waals surface area (Å²) in [7, 11) is -2.09. The number of para-hydroxylation sites is 2. The van der Waals surface area contributed by atoms with Crippen molar-refractivity contribution in [2.45, 2.75) is 51.9 Å². The Morgan fingerprint density at radius 3 is 1.60 bits per heavy atom. The van der Waals surface area contributed by atoms with Gasteiger partial charge in [-0.25, -0.2) is 0 Å². The minimum atomic E-state index is -2.09. The third-order valence-corrected chi connectivity index (χ3v) is 12.3. The van der Waals surface area contributed by atoms with Gasteiger partial charge >= 0.3 is 6.84 Å². The van der Waals surface area contributed by atoms with Crippen LogP contribution in [-0.2, 0) is 0 Å². The molecule has 3 aromatic carbocycles. The van der Waals surface area contributed by atoms with E-state index < -0.39 is 7.14 Å². The normalized spacial score (nSPS) is 14.1. The highest BCUT2D eigenvalue weighted by molar-refractivity contribution is 8.10. The van der Waals surface area contributed by atoms with Gasteiger partial charge < -0.3 is 9.31 Å².